The second kappa shape index (κ2) is 7.08. The first-order chi connectivity index (χ1) is 13.7. The summed E-state index contributed by atoms with van der Waals surface area (Å²) in [5.41, 5.74) is 1.34. The van der Waals surface area contributed by atoms with E-state index in [0.717, 1.165) is 10.9 Å². The topological polar surface area (TPSA) is 87.3 Å². The number of ether oxygens (including phenoxy) is 1. The van der Waals surface area contributed by atoms with Crippen molar-refractivity contribution in [2.45, 2.75) is 32.4 Å². The van der Waals surface area contributed by atoms with Crippen molar-refractivity contribution in [2.24, 2.45) is 0 Å². The van der Waals surface area contributed by atoms with Crippen molar-refractivity contribution in [3.8, 4) is 0 Å². The molecule has 1 saturated heterocycles. The van der Waals surface area contributed by atoms with Crippen molar-refractivity contribution in [3.63, 3.8) is 0 Å². The fourth-order valence-corrected chi connectivity index (χ4v) is 3.70. The zero-order chi connectivity index (χ0) is 20.8. The number of hydrogen-bond acceptors (Lipinski definition) is 5. The molecule has 1 unspecified atom stereocenters. The number of aromatic nitrogens is 2. The minimum absolute atomic E-state index is 0.180. The third-order valence-electron chi connectivity index (χ3n) is 5.00. The molecule has 0 radical (unpaired) electrons. The molecule has 0 spiro atoms. The lowest BCUT2D eigenvalue weighted by Crippen LogP contribution is -2.42. The van der Waals surface area contributed by atoms with E-state index in [4.69, 9.17) is 16.3 Å². The lowest BCUT2D eigenvalue weighted by Gasteiger charge is -2.28. The van der Waals surface area contributed by atoms with Crippen molar-refractivity contribution in [3.05, 3.63) is 63.5 Å². The standard InChI is InChI=1S/C21H21ClN4O3/c1-12(16-9-13-8-14(22)4-5-17(13)25-19(16)27)24-18-10-15(6-7-23-18)26-20(28)29-11-21(26,2)3/h4-10,12H,11H2,1-3H3,(H,23,24)(H,25,27). The maximum Gasteiger partial charge on any atom is 0.414 e. The van der Waals surface area contributed by atoms with Crippen LogP contribution in [0.1, 0.15) is 32.4 Å². The molecule has 0 aliphatic carbocycles. The van der Waals surface area contributed by atoms with Crippen LogP contribution in [-0.4, -0.2) is 28.2 Å². The number of carbonyl (C=O) groups is 1. The van der Waals surface area contributed by atoms with E-state index in [1.807, 2.05) is 32.9 Å². The highest BCUT2D eigenvalue weighted by molar-refractivity contribution is 6.31. The van der Waals surface area contributed by atoms with Crippen LogP contribution in [0.2, 0.25) is 5.02 Å². The van der Waals surface area contributed by atoms with Crippen molar-refractivity contribution < 1.29 is 9.53 Å². The lowest BCUT2D eigenvalue weighted by atomic mass is 10.1. The molecule has 0 bridgehead atoms. The monoisotopic (exact) mass is 412 g/mol. The van der Waals surface area contributed by atoms with Crippen molar-refractivity contribution in [1.29, 1.82) is 0 Å². The molecule has 1 aliphatic rings. The number of nitrogens with one attached hydrogen (secondary N) is 2. The molecule has 7 nitrogen and oxygen atoms in total. The molecule has 150 valence electrons. The van der Waals surface area contributed by atoms with Crippen LogP contribution in [-0.2, 0) is 4.74 Å². The van der Waals surface area contributed by atoms with Gasteiger partial charge in [-0.3, -0.25) is 9.69 Å². The quantitative estimate of drug-likeness (QED) is 0.659. The van der Waals surface area contributed by atoms with Crippen LogP contribution in [0.25, 0.3) is 10.9 Å². The van der Waals surface area contributed by atoms with Crippen LogP contribution < -0.4 is 15.8 Å². The van der Waals surface area contributed by atoms with Gasteiger partial charge < -0.3 is 15.0 Å². The molecule has 2 aromatic heterocycles. The van der Waals surface area contributed by atoms with E-state index < -0.39 is 5.54 Å². The maximum absolute atomic E-state index is 12.5. The van der Waals surface area contributed by atoms with Gasteiger partial charge in [0.15, 0.2) is 0 Å². The highest BCUT2D eigenvalue weighted by Gasteiger charge is 2.41. The van der Waals surface area contributed by atoms with Crippen molar-refractivity contribution >= 4 is 40.1 Å². The summed E-state index contributed by atoms with van der Waals surface area (Å²) in [4.78, 5) is 33.5. The molecule has 8 heteroatoms. The SMILES string of the molecule is CC(Nc1cc(N2C(=O)OCC2(C)C)ccn1)c1cc2cc(Cl)ccc2[nH]c1=O. The molecular weight excluding hydrogens is 392 g/mol. The highest BCUT2D eigenvalue weighted by Crippen LogP contribution is 2.31. The fourth-order valence-electron chi connectivity index (χ4n) is 3.52. The minimum atomic E-state index is -0.448. The number of pyridine rings is 2. The summed E-state index contributed by atoms with van der Waals surface area (Å²) >= 11 is 6.07. The zero-order valence-corrected chi connectivity index (χ0v) is 17.1. The normalized spacial score (nSPS) is 16.7. The Morgan fingerprint density at radius 1 is 1.24 bits per heavy atom. The molecule has 1 aliphatic heterocycles. The van der Waals surface area contributed by atoms with Crippen LogP contribution in [0.5, 0.6) is 0 Å². The van der Waals surface area contributed by atoms with Gasteiger partial charge in [-0.25, -0.2) is 9.78 Å². The first-order valence-electron chi connectivity index (χ1n) is 9.27. The summed E-state index contributed by atoms with van der Waals surface area (Å²) in [5, 5.41) is 4.69. The number of carbonyl (C=O) groups excluding carboxylic acids is 1. The number of cyclic esters (lactones) is 1. The van der Waals surface area contributed by atoms with Crippen LogP contribution in [0.3, 0.4) is 0 Å². The van der Waals surface area contributed by atoms with E-state index in [9.17, 15) is 9.59 Å². The van der Waals surface area contributed by atoms with Crippen LogP contribution in [0.15, 0.2) is 47.4 Å². The largest absolute Gasteiger partial charge is 0.447 e. The van der Waals surface area contributed by atoms with Crippen molar-refractivity contribution in [2.75, 3.05) is 16.8 Å². The number of nitrogens with zero attached hydrogens (tertiary/aromatic N) is 2. The zero-order valence-electron chi connectivity index (χ0n) is 16.3. The van der Waals surface area contributed by atoms with Gasteiger partial charge in [-0.1, -0.05) is 11.6 Å². The molecule has 3 aromatic rings. The Bertz CT molecular complexity index is 1160. The first kappa shape index (κ1) is 19.3. The molecule has 1 amide bonds. The molecule has 2 N–H and O–H groups in total. The second-order valence-electron chi connectivity index (χ2n) is 7.75. The lowest BCUT2D eigenvalue weighted by molar-refractivity contribution is 0.175. The molecule has 1 aromatic carbocycles. The van der Waals surface area contributed by atoms with E-state index >= 15 is 0 Å². The van der Waals surface area contributed by atoms with Gasteiger partial charge in [0.25, 0.3) is 5.56 Å². The summed E-state index contributed by atoms with van der Waals surface area (Å²) in [6.07, 6.45) is 1.24. The van der Waals surface area contributed by atoms with E-state index in [1.165, 1.54) is 0 Å². The van der Waals surface area contributed by atoms with Crippen molar-refractivity contribution in [1.82, 2.24) is 9.97 Å². The number of halogens is 1. The van der Waals surface area contributed by atoms with Gasteiger partial charge >= 0.3 is 6.09 Å². The number of benzene rings is 1. The van der Waals surface area contributed by atoms with Crippen LogP contribution in [0.4, 0.5) is 16.3 Å². The van der Waals surface area contributed by atoms with Crippen LogP contribution >= 0.6 is 11.6 Å². The average molecular weight is 413 g/mol. The summed E-state index contributed by atoms with van der Waals surface area (Å²) in [7, 11) is 0. The Labute approximate surface area is 172 Å². The molecule has 1 atom stereocenters. The van der Waals surface area contributed by atoms with Gasteiger partial charge in [0.1, 0.15) is 12.4 Å². The van der Waals surface area contributed by atoms with E-state index in [-0.39, 0.29) is 17.7 Å². The summed E-state index contributed by atoms with van der Waals surface area (Å²) in [5.74, 6) is 0.552. The Kier molecular flexibility index (Phi) is 4.70. The molecule has 29 heavy (non-hydrogen) atoms. The first-order valence-corrected chi connectivity index (χ1v) is 9.64. The summed E-state index contributed by atoms with van der Waals surface area (Å²) in [6.45, 7) is 6.08. The number of rotatable bonds is 4. The molecule has 1 fully saturated rings. The number of amides is 1. The van der Waals surface area contributed by atoms with Gasteiger partial charge in [0.2, 0.25) is 0 Å². The number of H-pyrrole nitrogens is 1. The van der Waals surface area contributed by atoms with E-state index in [0.29, 0.717) is 28.7 Å². The number of anilines is 2. The second-order valence-corrected chi connectivity index (χ2v) is 8.19. The smallest absolute Gasteiger partial charge is 0.414 e. The third-order valence-corrected chi connectivity index (χ3v) is 5.24. The van der Waals surface area contributed by atoms with Gasteiger partial charge in [-0.05, 0) is 51.1 Å². The molecular formula is C21H21ClN4O3. The number of hydrogen-bond donors (Lipinski definition) is 2. The summed E-state index contributed by atoms with van der Waals surface area (Å²) in [6, 6.07) is 10.4. The van der Waals surface area contributed by atoms with Gasteiger partial charge in [0.05, 0.1) is 17.3 Å². The van der Waals surface area contributed by atoms with Crippen LogP contribution in [0, 0.1) is 0 Å². The fraction of sp³-hybridized carbons (Fsp3) is 0.286. The van der Waals surface area contributed by atoms with E-state index in [1.54, 1.807) is 35.4 Å². The predicted octanol–water partition coefficient (Wildman–Crippen LogP) is 4.48. The average Bonchev–Trinajstić information content (AvgIpc) is 2.94. The van der Waals surface area contributed by atoms with Gasteiger partial charge in [-0.2, -0.15) is 0 Å². The molecule has 3 heterocycles. The van der Waals surface area contributed by atoms with E-state index in [2.05, 4.69) is 15.3 Å². The Morgan fingerprint density at radius 3 is 2.76 bits per heavy atom. The maximum atomic E-state index is 12.5. The Morgan fingerprint density at radius 2 is 2.03 bits per heavy atom. The minimum Gasteiger partial charge on any atom is -0.447 e. The molecule has 4 rings (SSSR count). The summed E-state index contributed by atoms with van der Waals surface area (Å²) < 4.78 is 5.18. The highest BCUT2D eigenvalue weighted by atomic mass is 35.5. The number of aromatic amines is 1. The molecule has 0 saturated carbocycles. The predicted molar refractivity (Wildman–Crippen MR) is 114 cm³/mol. The van der Waals surface area contributed by atoms with Gasteiger partial charge in [0, 0.05) is 33.8 Å². The Hall–Kier alpha value is -3.06. The third kappa shape index (κ3) is 3.65. The van der Waals surface area contributed by atoms with Gasteiger partial charge in [-0.15, -0.1) is 0 Å². The Balaban J connectivity index is 1.63. The number of fused-ring (bicyclic) bond motifs is 1.